The fraction of sp³-hybridized carbons (Fsp3) is 0.800. The third kappa shape index (κ3) is 1.48. The fourth-order valence-corrected chi connectivity index (χ4v) is 2.18. The Bertz CT molecular complexity index is 197. The maximum Gasteiger partial charge on any atom is 0.0733 e. The molecule has 0 spiro atoms. The summed E-state index contributed by atoms with van der Waals surface area (Å²) in [4.78, 5) is 0. The average molecular weight is 165 g/mol. The summed E-state index contributed by atoms with van der Waals surface area (Å²) in [5.41, 5.74) is 0. The Labute approximate surface area is 73.7 Å². The van der Waals surface area contributed by atoms with Crippen molar-refractivity contribution in [3.05, 3.63) is 0 Å². The van der Waals surface area contributed by atoms with E-state index in [-0.39, 0.29) is 0 Å². The predicted octanol–water partition coefficient (Wildman–Crippen LogP) is 0.919. The van der Waals surface area contributed by atoms with Crippen molar-refractivity contribution in [3.63, 3.8) is 0 Å². The lowest BCUT2D eigenvalue weighted by Crippen LogP contribution is -2.37. The lowest BCUT2D eigenvalue weighted by Gasteiger charge is -2.19. The smallest absolute Gasteiger partial charge is 0.0733 e. The van der Waals surface area contributed by atoms with Gasteiger partial charge < -0.3 is 10.1 Å². The van der Waals surface area contributed by atoms with E-state index in [1.165, 1.54) is 19.3 Å². The number of ether oxygens (including phenoxy) is 1. The largest absolute Gasteiger partial charge is 0.373 e. The Hall–Kier alpha value is -0.520. The number of fused-ring (bicyclic) bond motifs is 2. The van der Waals surface area contributed by atoms with Crippen molar-refractivity contribution in [2.75, 3.05) is 6.54 Å². The Morgan fingerprint density at radius 1 is 1.50 bits per heavy atom. The molecule has 0 radical (unpaired) electrons. The highest BCUT2D eigenvalue weighted by Gasteiger charge is 2.40. The summed E-state index contributed by atoms with van der Waals surface area (Å²) >= 11 is 0. The summed E-state index contributed by atoms with van der Waals surface area (Å²) in [6.07, 6.45) is 10.7. The second kappa shape index (κ2) is 3.47. The molecule has 0 aromatic rings. The van der Waals surface area contributed by atoms with Crippen molar-refractivity contribution < 1.29 is 4.74 Å². The first kappa shape index (κ1) is 8.10. The standard InChI is InChI=1S/C10H15NO/c1-2-3-6-11-9-7-8-4-5-10(9)12-8/h1,8-11H,3-7H2. The molecule has 2 aliphatic rings. The molecule has 0 aromatic heterocycles. The molecule has 2 saturated heterocycles. The van der Waals surface area contributed by atoms with Gasteiger partial charge in [0.25, 0.3) is 0 Å². The van der Waals surface area contributed by atoms with E-state index in [4.69, 9.17) is 11.2 Å². The average Bonchev–Trinajstić information content (AvgIpc) is 2.65. The van der Waals surface area contributed by atoms with Gasteiger partial charge in [-0.05, 0) is 19.3 Å². The van der Waals surface area contributed by atoms with Gasteiger partial charge >= 0.3 is 0 Å². The van der Waals surface area contributed by atoms with Crippen molar-refractivity contribution in [2.24, 2.45) is 0 Å². The number of nitrogens with one attached hydrogen (secondary N) is 1. The highest BCUT2D eigenvalue weighted by atomic mass is 16.5. The molecule has 2 rings (SSSR count). The minimum atomic E-state index is 0.479. The van der Waals surface area contributed by atoms with E-state index >= 15 is 0 Å². The molecule has 1 N–H and O–H groups in total. The van der Waals surface area contributed by atoms with Crippen molar-refractivity contribution in [2.45, 2.75) is 43.9 Å². The molecule has 3 atom stereocenters. The molecule has 2 aliphatic heterocycles. The molecular weight excluding hydrogens is 150 g/mol. The highest BCUT2D eigenvalue weighted by molar-refractivity contribution is 4.94. The first-order chi connectivity index (χ1) is 5.90. The van der Waals surface area contributed by atoms with Gasteiger partial charge in [-0.25, -0.2) is 0 Å². The molecule has 3 unspecified atom stereocenters. The van der Waals surface area contributed by atoms with Crippen LogP contribution < -0.4 is 5.32 Å². The van der Waals surface area contributed by atoms with Crippen LogP contribution in [0, 0.1) is 12.3 Å². The van der Waals surface area contributed by atoms with E-state index in [1.54, 1.807) is 0 Å². The first-order valence-electron chi connectivity index (χ1n) is 4.72. The Morgan fingerprint density at radius 2 is 2.42 bits per heavy atom. The maximum atomic E-state index is 5.70. The zero-order valence-corrected chi connectivity index (χ0v) is 7.25. The maximum absolute atomic E-state index is 5.70. The van der Waals surface area contributed by atoms with E-state index in [9.17, 15) is 0 Å². The molecular formula is C10H15NO. The lowest BCUT2D eigenvalue weighted by atomic mass is 9.95. The van der Waals surface area contributed by atoms with Gasteiger partial charge in [-0.1, -0.05) is 0 Å². The van der Waals surface area contributed by atoms with Gasteiger partial charge in [0.15, 0.2) is 0 Å². The summed E-state index contributed by atoms with van der Waals surface area (Å²) < 4.78 is 5.70. The van der Waals surface area contributed by atoms with Crippen LogP contribution >= 0.6 is 0 Å². The van der Waals surface area contributed by atoms with Crippen LogP contribution in [-0.2, 0) is 4.74 Å². The third-order valence-electron chi connectivity index (χ3n) is 2.78. The van der Waals surface area contributed by atoms with Gasteiger partial charge in [-0.2, -0.15) is 0 Å². The van der Waals surface area contributed by atoms with Crippen LogP contribution in [0.25, 0.3) is 0 Å². The fourth-order valence-electron chi connectivity index (χ4n) is 2.18. The minimum Gasteiger partial charge on any atom is -0.373 e. The van der Waals surface area contributed by atoms with Crippen LogP contribution in [-0.4, -0.2) is 24.8 Å². The van der Waals surface area contributed by atoms with Crippen molar-refractivity contribution in [1.29, 1.82) is 0 Å². The molecule has 0 aromatic carbocycles. The van der Waals surface area contributed by atoms with Crippen LogP contribution in [0.5, 0.6) is 0 Å². The Balaban J connectivity index is 1.73. The Morgan fingerprint density at radius 3 is 3.00 bits per heavy atom. The zero-order valence-electron chi connectivity index (χ0n) is 7.25. The van der Waals surface area contributed by atoms with Gasteiger partial charge in [0.1, 0.15) is 0 Å². The van der Waals surface area contributed by atoms with Crippen LogP contribution in [0.4, 0.5) is 0 Å². The third-order valence-corrected chi connectivity index (χ3v) is 2.78. The topological polar surface area (TPSA) is 21.3 Å². The molecule has 0 amide bonds. The SMILES string of the molecule is C#CCCNC1CC2CCC1O2. The molecule has 2 heteroatoms. The first-order valence-corrected chi connectivity index (χ1v) is 4.72. The number of terminal acetylenes is 1. The molecule has 66 valence electrons. The van der Waals surface area contributed by atoms with Gasteiger partial charge in [0.2, 0.25) is 0 Å². The van der Waals surface area contributed by atoms with E-state index in [1.807, 2.05) is 0 Å². The summed E-state index contributed by atoms with van der Waals surface area (Å²) in [7, 11) is 0. The summed E-state index contributed by atoms with van der Waals surface area (Å²) in [6.45, 7) is 0.938. The molecule has 2 fully saturated rings. The van der Waals surface area contributed by atoms with E-state index in [0.29, 0.717) is 18.2 Å². The minimum absolute atomic E-state index is 0.479. The van der Waals surface area contributed by atoms with Crippen LogP contribution in [0.3, 0.4) is 0 Å². The van der Waals surface area contributed by atoms with E-state index in [0.717, 1.165) is 13.0 Å². The molecule has 2 heterocycles. The van der Waals surface area contributed by atoms with E-state index in [2.05, 4.69) is 11.2 Å². The van der Waals surface area contributed by atoms with Crippen LogP contribution in [0.2, 0.25) is 0 Å². The second-order valence-corrected chi connectivity index (χ2v) is 3.62. The monoisotopic (exact) mass is 165 g/mol. The second-order valence-electron chi connectivity index (χ2n) is 3.62. The molecule has 2 bridgehead atoms. The molecule has 2 nitrogen and oxygen atoms in total. The van der Waals surface area contributed by atoms with Crippen molar-refractivity contribution in [3.8, 4) is 12.3 Å². The summed E-state index contributed by atoms with van der Waals surface area (Å²) in [5.74, 6) is 2.63. The number of rotatable bonds is 3. The van der Waals surface area contributed by atoms with E-state index < -0.39 is 0 Å². The van der Waals surface area contributed by atoms with Crippen molar-refractivity contribution in [1.82, 2.24) is 5.32 Å². The number of hydrogen-bond acceptors (Lipinski definition) is 2. The zero-order chi connectivity index (χ0) is 8.39. The van der Waals surface area contributed by atoms with Gasteiger partial charge in [0.05, 0.1) is 12.2 Å². The van der Waals surface area contributed by atoms with Crippen LogP contribution in [0.15, 0.2) is 0 Å². The quantitative estimate of drug-likeness (QED) is 0.496. The lowest BCUT2D eigenvalue weighted by molar-refractivity contribution is 0.0975. The van der Waals surface area contributed by atoms with Crippen molar-refractivity contribution >= 4 is 0 Å². The van der Waals surface area contributed by atoms with Gasteiger partial charge in [-0.15, -0.1) is 12.3 Å². The number of hydrogen-bond donors (Lipinski definition) is 1. The molecule has 0 saturated carbocycles. The molecule has 12 heavy (non-hydrogen) atoms. The summed E-state index contributed by atoms with van der Waals surface area (Å²) in [6, 6.07) is 0.581. The van der Waals surface area contributed by atoms with Crippen LogP contribution in [0.1, 0.15) is 25.7 Å². The normalized spacial score (nSPS) is 38.4. The summed E-state index contributed by atoms with van der Waals surface area (Å²) in [5, 5.41) is 3.45. The van der Waals surface area contributed by atoms with Gasteiger partial charge in [-0.3, -0.25) is 0 Å². The highest BCUT2D eigenvalue weighted by Crippen LogP contribution is 2.34. The Kier molecular flexibility index (Phi) is 2.34. The van der Waals surface area contributed by atoms with Gasteiger partial charge in [0, 0.05) is 19.0 Å². The predicted molar refractivity (Wildman–Crippen MR) is 47.8 cm³/mol. The molecule has 0 aliphatic carbocycles.